The number of benzene rings is 1. The van der Waals surface area contributed by atoms with Crippen molar-refractivity contribution in [1.29, 1.82) is 0 Å². The highest BCUT2D eigenvalue weighted by Gasteiger charge is 2.17. The van der Waals surface area contributed by atoms with Gasteiger partial charge >= 0.3 is 0 Å². The van der Waals surface area contributed by atoms with E-state index >= 15 is 0 Å². The van der Waals surface area contributed by atoms with Gasteiger partial charge < -0.3 is 14.9 Å². The lowest BCUT2D eigenvalue weighted by atomic mass is 10.1. The Labute approximate surface area is 97.7 Å². The van der Waals surface area contributed by atoms with Gasteiger partial charge in [0.2, 0.25) is 0 Å². The van der Waals surface area contributed by atoms with Gasteiger partial charge in [-0.25, -0.2) is 0 Å². The topological polar surface area (TPSA) is 49.7 Å². The lowest BCUT2D eigenvalue weighted by Gasteiger charge is -2.24. The van der Waals surface area contributed by atoms with Gasteiger partial charge in [-0.15, -0.1) is 0 Å². The Hall–Kier alpha value is -1.06. The molecule has 3 heteroatoms. The first-order valence-electron chi connectivity index (χ1n) is 4.99. The van der Waals surface area contributed by atoms with Gasteiger partial charge in [0.15, 0.2) is 0 Å². The van der Waals surface area contributed by atoms with Gasteiger partial charge in [0.1, 0.15) is 11.4 Å². The predicted octanol–water partition coefficient (Wildman–Crippen LogP) is 2.48. The van der Waals surface area contributed by atoms with Crippen molar-refractivity contribution in [2.75, 3.05) is 0 Å². The maximum atomic E-state index is 9.17. The van der Waals surface area contributed by atoms with Crippen LogP contribution in [0.15, 0.2) is 18.2 Å². The van der Waals surface area contributed by atoms with E-state index in [2.05, 4.69) is 0 Å². The average molecular weight is 226 g/mol. The average Bonchev–Trinajstić information content (AvgIpc) is 2.16. The summed E-state index contributed by atoms with van der Waals surface area (Å²) in [7, 11) is 0. The summed E-state index contributed by atoms with van der Waals surface area (Å²) in [6.45, 7) is 5.63. The van der Waals surface area contributed by atoms with Crippen molar-refractivity contribution in [3.05, 3.63) is 29.3 Å². The Kier molecular flexibility index (Phi) is 5.48. The first-order chi connectivity index (χ1) is 6.98. The van der Waals surface area contributed by atoms with Crippen molar-refractivity contribution in [2.45, 2.75) is 47.0 Å². The third-order valence-corrected chi connectivity index (χ3v) is 1.93. The third kappa shape index (κ3) is 3.83. The summed E-state index contributed by atoms with van der Waals surface area (Å²) in [5, 5.41) is 18.3. The Balaban J connectivity index is 0.00000225. The first kappa shape index (κ1) is 14.9. The second-order valence-corrected chi connectivity index (χ2v) is 4.44. The number of para-hydroxylation sites is 1. The van der Waals surface area contributed by atoms with E-state index in [4.69, 9.17) is 4.74 Å². The smallest absolute Gasteiger partial charge is 0.131 e. The number of aliphatic hydroxyl groups excluding tert-OH is 2. The van der Waals surface area contributed by atoms with E-state index in [-0.39, 0.29) is 26.2 Å². The minimum absolute atomic E-state index is 0. The van der Waals surface area contributed by atoms with Gasteiger partial charge in [0.25, 0.3) is 0 Å². The maximum Gasteiger partial charge on any atom is 0.131 e. The Morgan fingerprint density at radius 3 is 1.81 bits per heavy atom. The van der Waals surface area contributed by atoms with Crippen molar-refractivity contribution in [1.82, 2.24) is 0 Å². The fraction of sp³-hybridized carbons (Fsp3) is 0.538. The van der Waals surface area contributed by atoms with Gasteiger partial charge in [-0.3, -0.25) is 0 Å². The molecule has 3 nitrogen and oxygen atoms in total. The molecule has 0 bridgehead atoms. The molecule has 0 heterocycles. The largest absolute Gasteiger partial charge is 0.487 e. The molecule has 0 saturated heterocycles. The quantitative estimate of drug-likeness (QED) is 0.832. The van der Waals surface area contributed by atoms with Gasteiger partial charge in [0, 0.05) is 11.1 Å². The van der Waals surface area contributed by atoms with Crippen molar-refractivity contribution < 1.29 is 14.9 Å². The molecule has 0 fully saturated rings. The molecule has 1 aromatic carbocycles. The summed E-state index contributed by atoms with van der Waals surface area (Å²) in [5.74, 6) is 0.593. The summed E-state index contributed by atoms with van der Waals surface area (Å²) in [6.07, 6.45) is 0. The highest BCUT2D eigenvalue weighted by molar-refractivity contribution is 5.41. The van der Waals surface area contributed by atoms with E-state index in [0.717, 1.165) is 0 Å². The monoisotopic (exact) mass is 226 g/mol. The zero-order valence-electron chi connectivity index (χ0n) is 9.45. The van der Waals surface area contributed by atoms with Crippen LogP contribution in [0, 0.1) is 0 Å². The van der Waals surface area contributed by atoms with Crippen LogP contribution in [0.25, 0.3) is 0 Å². The molecule has 92 valence electrons. The number of hydrogen-bond donors (Lipinski definition) is 2. The van der Waals surface area contributed by atoms with Crippen molar-refractivity contribution in [3.63, 3.8) is 0 Å². The summed E-state index contributed by atoms with van der Waals surface area (Å²) in [6, 6.07) is 5.38. The molecule has 16 heavy (non-hydrogen) atoms. The van der Waals surface area contributed by atoms with Crippen LogP contribution in [0.3, 0.4) is 0 Å². The summed E-state index contributed by atoms with van der Waals surface area (Å²) in [5.41, 5.74) is 1.07. The lowest BCUT2D eigenvalue weighted by molar-refractivity contribution is 0.121. The molecule has 0 spiro atoms. The van der Waals surface area contributed by atoms with Gasteiger partial charge in [0.05, 0.1) is 13.2 Å². The molecule has 0 atom stereocenters. The molecule has 0 aliphatic heterocycles. The zero-order chi connectivity index (χ0) is 11.5. The Morgan fingerprint density at radius 1 is 1.06 bits per heavy atom. The number of hydrogen-bond acceptors (Lipinski definition) is 3. The molecule has 2 N–H and O–H groups in total. The fourth-order valence-corrected chi connectivity index (χ4v) is 1.32. The predicted molar refractivity (Wildman–Crippen MR) is 65.4 cm³/mol. The maximum absolute atomic E-state index is 9.17. The minimum Gasteiger partial charge on any atom is -0.487 e. The van der Waals surface area contributed by atoms with Gasteiger partial charge in [-0.1, -0.05) is 25.6 Å². The van der Waals surface area contributed by atoms with E-state index in [1.54, 1.807) is 18.2 Å². The van der Waals surface area contributed by atoms with Crippen LogP contribution in [0.4, 0.5) is 0 Å². The molecular weight excluding hydrogens is 204 g/mol. The van der Waals surface area contributed by atoms with E-state index in [0.29, 0.717) is 16.9 Å². The van der Waals surface area contributed by atoms with Crippen molar-refractivity contribution in [2.24, 2.45) is 0 Å². The highest BCUT2D eigenvalue weighted by Crippen LogP contribution is 2.28. The van der Waals surface area contributed by atoms with Gasteiger partial charge in [-0.05, 0) is 20.8 Å². The summed E-state index contributed by atoms with van der Waals surface area (Å²) in [4.78, 5) is 0. The Bertz CT molecular complexity index is 304. The molecule has 0 saturated carbocycles. The standard InChI is InChI=1S/C12H18O3.CH4/c1-12(2,3)15-11-9(7-13)5-4-6-10(11)8-14;/h4-6,13-14H,7-8H2,1-3H3;1H4. The normalized spacial score (nSPS) is 10.8. The number of rotatable bonds is 3. The van der Waals surface area contributed by atoms with Crippen LogP contribution in [0.1, 0.15) is 39.3 Å². The molecular formula is C13H22O3. The Morgan fingerprint density at radius 2 is 1.50 bits per heavy atom. The van der Waals surface area contributed by atoms with Crippen LogP contribution >= 0.6 is 0 Å². The van der Waals surface area contributed by atoms with Crippen LogP contribution in [0.5, 0.6) is 5.75 Å². The van der Waals surface area contributed by atoms with E-state index in [1.165, 1.54) is 0 Å². The SMILES string of the molecule is C.CC(C)(C)Oc1c(CO)cccc1CO. The number of ether oxygens (including phenoxy) is 1. The first-order valence-corrected chi connectivity index (χ1v) is 4.99. The molecule has 0 amide bonds. The van der Waals surface area contributed by atoms with Crippen LogP contribution in [0.2, 0.25) is 0 Å². The second-order valence-electron chi connectivity index (χ2n) is 4.44. The molecule has 0 radical (unpaired) electrons. The zero-order valence-corrected chi connectivity index (χ0v) is 9.45. The van der Waals surface area contributed by atoms with E-state index in [9.17, 15) is 10.2 Å². The second kappa shape index (κ2) is 5.87. The lowest BCUT2D eigenvalue weighted by Crippen LogP contribution is -2.24. The molecule has 0 aliphatic carbocycles. The van der Waals surface area contributed by atoms with Crippen LogP contribution < -0.4 is 4.74 Å². The summed E-state index contributed by atoms with van der Waals surface area (Å²) < 4.78 is 5.73. The molecule has 0 aliphatic rings. The van der Waals surface area contributed by atoms with Crippen molar-refractivity contribution in [3.8, 4) is 5.75 Å². The number of aliphatic hydroxyl groups is 2. The van der Waals surface area contributed by atoms with E-state index < -0.39 is 0 Å². The molecule has 0 aromatic heterocycles. The summed E-state index contributed by atoms with van der Waals surface area (Å²) >= 11 is 0. The molecule has 0 unspecified atom stereocenters. The van der Waals surface area contributed by atoms with E-state index in [1.807, 2.05) is 20.8 Å². The van der Waals surface area contributed by atoms with Crippen molar-refractivity contribution >= 4 is 0 Å². The minimum atomic E-state index is -0.338. The third-order valence-electron chi connectivity index (χ3n) is 1.93. The molecule has 1 aromatic rings. The highest BCUT2D eigenvalue weighted by atomic mass is 16.5. The molecule has 1 rings (SSSR count). The van der Waals surface area contributed by atoms with Crippen LogP contribution in [-0.4, -0.2) is 15.8 Å². The van der Waals surface area contributed by atoms with Crippen LogP contribution in [-0.2, 0) is 13.2 Å². The fourth-order valence-electron chi connectivity index (χ4n) is 1.32. The van der Waals surface area contributed by atoms with Gasteiger partial charge in [-0.2, -0.15) is 0 Å².